The van der Waals surface area contributed by atoms with E-state index in [1.54, 1.807) is 19.1 Å². The molecule has 7 heteroatoms. The number of nitrogens with one attached hydrogen (secondary N) is 2. The lowest BCUT2D eigenvalue weighted by atomic mass is 10.1. The molecule has 142 valence electrons. The molecule has 1 aromatic carbocycles. The van der Waals surface area contributed by atoms with Crippen LogP contribution in [0.5, 0.6) is 5.75 Å². The van der Waals surface area contributed by atoms with Crippen LogP contribution in [0.15, 0.2) is 40.7 Å². The minimum atomic E-state index is -0.990. The molecule has 0 bridgehead atoms. The number of hydrogen-bond acceptors (Lipinski definition) is 4. The van der Waals surface area contributed by atoms with Gasteiger partial charge in [0.15, 0.2) is 17.5 Å². The fraction of sp³-hybridized carbons (Fsp3) is 0.421. The molecule has 1 aromatic heterocycles. The second-order valence-electron chi connectivity index (χ2n) is 6.00. The maximum absolute atomic E-state index is 13.9. The molecule has 1 unspecified atom stereocenters. The van der Waals surface area contributed by atoms with E-state index in [0.717, 1.165) is 10.4 Å². The highest BCUT2D eigenvalue weighted by atomic mass is 32.1. The highest BCUT2D eigenvalue weighted by Gasteiger charge is 2.24. The quantitative estimate of drug-likeness (QED) is 0.487. The van der Waals surface area contributed by atoms with Crippen LogP contribution in [-0.4, -0.2) is 30.8 Å². The fourth-order valence-electron chi connectivity index (χ4n) is 2.36. The predicted molar refractivity (Wildman–Crippen MR) is 104 cm³/mol. The summed E-state index contributed by atoms with van der Waals surface area (Å²) in [5.74, 6) is 0.425. The van der Waals surface area contributed by atoms with E-state index in [1.165, 1.54) is 17.4 Å². The van der Waals surface area contributed by atoms with E-state index in [2.05, 4.69) is 15.6 Å². The first-order valence-electron chi connectivity index (χ1n) is 8.66. The average Bonchev–Trinajstić information content (AvgIpc) is 3.15. The first-order valence-corrected chi connectivity index (χ1v) is 9.54. The molecule has 0 amide bonds. The number of halogens is 1. The van der Waals surface area contributed by atoms with Gasteiger partial charge in [-0.3, -0.25) is 0 Å². The number of benzene rings is 1. The largest absolute Gasteiger partial charge is 0.491 e. The highest BCUT2D eigenvalue weighted by Crippen LogP contribution is 2.24. The minimum Gasteiger partial charge on any atom is -0.491 e. The van der Waals surface area contributed by atoms with Gasteiger partial charge in [0.2, 0.25) is 0 Å². The van der Waals surface area contributed by atoms with Gasteiger partial charge in [0.05, 0.1) is 19.7 Å². The summed E-state index contributed by atoms with van der Waals surface area (Å²) in [5.41, 5.74) is -0.247. The topological polar surface area (TPSA) is 65.9 Å². The summed E-state index contributed by atoms with van der Waals surface area (Å²) in [6, 6.07) is 8.65. The van der Waals surface area contributed by atoms with Crippen molar-refractivity contribution in [3.05, 3.63) is 52.0 Å². The number of thiophene rings is 1. The van der Waals surface area contributed by atoms with Crippen LogP contribution in [0, 0.1) is 5.82 Å². The Morgan fingerprint density at radius 3 is 2.73 bits per heavy atom. The lowest BCUT2D eigenvalue weighted by molar-refractivity contribution is 0.0655. The zero-order chi connectivity index (χ0) is 19.0. The minimum absolute atomic E-state index is 0.247. The second-order valence-corrected chi connectivity index (χ2v) is 6.95. The van der Waals surface area contributed by atoms with Gasteiger partial charge in [-0.2, -0.15) is 0 Å². The van der Waals surface area contributed by atoms with Gasteiger partial charge in [-0.25, -0.2) is 9.38 Å². The lowest BCUT2D eigenvalue weighted by Gasteiger charge is -2.23. The van der Waals surface area contributed by atoms with Crippen molar-refractivity contribution in [3.63, 3.8) is 0 Å². The molecule has 1 heterocycles. The molecule has 1 atom stereocenters. The third kappa shape index (κ3) is 5.71. The van der Waals surface area contributed by atoms with Crippen LogP contribution in [0.25, 0.3) is 0 Å². The zero-order valence-corrected chi connectivity index (χ0v) is 16.2. The molecule has 0 saturated carbocycles. The Labute approximate surface area is 157 Å². The van der Waals surface area contributed by atoms with E-state index in [1.807, 2.05) is 31.4 Å². The van der Waals surface area contributed by atoms with Crippen molar-refractivity contribution >= 4 is 17.3 Å². The van der Waals surface area contributed by atoms with Crippen molar-refractivity contribution in [1.29, 1.82) is 0 Å². The Morgan fingerprint density at radius 1 is 1.31 bits per heavy atom. The van der Waals surface area contributed by atoms with Crippen LogP contribution in [-0.2, 0) is 12.1 Å². The Hall–Kier alpha value is -2.12. The van der Waals surface area contributed by atoms with Crippen LogP contribution >= 0.6 is 11.3 Å². The molecule has 0 aliphatic heterocycles. The van der Waals surface area contributed by atoms with Gasteiger partial charge in [-0.15, -0.1) is 11.3 Å². The standard InChI is InChI=1S/C19H26FN3O2S/c1-4-21-18(23-13-19(3,24)17-7-6-10-26-17)22-12-14-8-9-16(25-5-2)15(20)11-14/h6-11,24H,4-5,12-13H2,1-3H3,(H2,21,22,23). The van der Waals surface area contributed by atoms with Gasteiger partial charge in [-0.1, -0.05) is 12.1 Å². The summed E-state index contributed by atoms with van der Waals surface area (Å²) in [4.78, 5) is 5.35. The third-order valence-corrected chi connectivity index (χ3v) is 4.84. The number of ether oxygens (including phenoxy) is 1. The number of rotatable bonds is 8. The van der Waals surface area contributed by atoms with Crippen LogP contribution in [0.4, 0.5) is 4.39 Å². The normalized spacial score (nSPS) is 14.0. The van der Waals surface area contributed by atoms with Crippen LogP contribution < -0.4 is 15.4 Å². The SMILES string of the molecule is CCNC(=NCc1ccc(OCC)c(F)c1)NCC(C)(O)c1cccs1. The summed E-state index contributed by atoms with van der Waals surface area (Å²) >= 11 is 1.51. The summed E-state index contributed by atoms with van der Waals surface area (Å²) in [6.07, 6.45) is 0. The molecule has 0 fully saturated rings. The smallest absolute Gasteiger partial charge is 0.191 e. The molecule has 0 aliphatic rings. The third-order valence-electron chi connectivity index (χ3n) is 3.71. The second kappa shape index (κ2) is 9.54. The molecule has 0 spiro atoms. The molecule has 3 N–H and O–H groups in total. The van der Waals surface area contributed by atoms with Crippen LogP contribution in [0.3, 0.4) is 0 Å². The molecule has 2 rings (SSSR count). The molecule has 0 radical (unpaired) electrons. The van der Waals surface area contributed by atoms with Crippen molar-refractivity contribution in [2.75, 3.05) is 19.7 Å². The van der Waals surface area contributed by atoms with Crippen molar-refractivity contribution < 1.29 is 14.2 Å². The maximum Gasteiger partial charge on any atom is 0.191 e. The Morgan fingerprint density at radius 2 is 2.12 bits per heavy atom. The Balaban J connectivity index is 2.01. The Bertz CT molecular complexity index is 718. The first kappa shape index (κ1) is 20.2. The monoisotopic (exact) mass is 379 g/mol. The number of aliphatic hydroxyl groups is 1. The van der Waals surface area contributed by atoms with Gasteiger partial charge in [0, 0.05) is 11.4 Å². The fourth-order valence-corrected chi connectivity index (χ4v) is 3.14. The summed E-state index contributed by atoms with van der Waals surface area (Å²) in [6.45, 7) is 7.29. The van der Waals surface area contributed by atoms with Gasteiger partial charge >= 0.3 is 0 Å². The van der Waals surface area contributed by atoms with E-state index >= 15 is 0 Å². The number of hydrogen-bond donors (Lipinski definition) is 3. The summed E-state index contributed by atoms with van der Waals surface area (Å²) in [7, 11) is 0. The van der Waals surface area contributed by atoms with E-state index < -0.39 is 11.4 Å². The van der Waals surface area contributed by atoms with Crippen LogP contribution in [0.2, 0.25) is 0 Å². The maximum atomic E-state index is 13.9. The molecule has 2 aromatic rings. The van der Waals surface area contributed by atoms with E-state index in [-0.39, 0.29) is 5.75 Å². The van der Waals surface area contributed by atoms with Gasteiger partial charge in [0.25, 0.3) is 0 Å². The number of guanidine groups is 1. The van der Waals surface area contributed by atoms with Crippen molar-refractivity contribution in [2.45, 2.75) is 32.9 Å². The molecule has 0 aliphatic carbocycles. The summed E-state index contributed by atoms with van der Waals surface area (Å²) in [5, 5.41) is 18.8. The van der Waals surface area contributed by atoms with Crippen molar-refractivity contribution in [1.82, 2.24) is 10.6 Å². The first-order chi connectivity index (χ1) is 12.5. The van der Waals surface area contributed by atoms with Gasteiger partial charge in [0.1, 0.15) is 5.60 Å². The zero-order valence-electron chi connectivity index (χ0n) is 15.4. The molecule has 26 heavy (non-hydrogen) atoms. The number of nitrogens with zero attached hydrogens (tertiary/aromatic N) is 1. The average molecular weight is 380 g/mol. The van der Waals surface area contributed by atoms with Crippen molar-refractivity contribution in [2.24, 2.45) is 4.99 Å². The van der Waals surface area contributed by atoms with Crippen molar-refractivity contribution in [3.8, 4) is 5.75 Å². The number of aliphatic imine (C=N–C) groups is 1. The Kier molecular flexibility index (Phi) is 7.41. The highest BCUT2D eigenvalue weighted by molar-refractivity contribution is 7.10. The molecule has 5 nitrogen and oxygen atoms in total. The molecular weight excluding hydrogens is 353 g/mol. The van der Waals surface area contributed by atoms with Gasteiger partial charge < -0.3 is 20.5 Å². The van der Waals surface area contributed by atoms with E-state index in [9.17, 15) is 9.50 Å². The van der Waals surface area contributed by atoms with Gasteiger partial charge in [-0.05, 0) is 49.9 Å². The van der Waals surface area contributed by atoms with E-state index in [4.69, 9.17) is 4.74 Å². The molecular formula is C19H26FN3O2S. The van der Waals surface area contributed by atoms with E-state index in [0.29, 0.717) is 32.2 Å². The van der Waals surface area contributed by atoms with Crippen LogP contribution in [0.1, 0.15) is 31.2 Å². The lowest BCUT2D eigenvalue weighted by Crippen LogP contribution is -2.44. The molecule has 0 saturated heterocycles. The predicted octanol–water partition coefficient (Wildman–Crippen LogP) is 3.25. The summed E-state index contributed by atoms with van der Waals surface area (Å²) < 4.78 is 19.1.